The van der Waals surface area contributed by atoms with Crippen molar-refractivity contribution in [1.82, 2.24) is 29.5 Å². The second-order valence-corrected chi connectivity index (χ2v) is 14.6. The van der Waals surface area contributed by atoms with Gasteiger partial charge in [0.25, 0.3) is 0 Å². The van der Waals surface area contributed by atoms with Crippen molar-refractivity contribution in [3.63, 3.8) is 0 Å². The summed E-state index contributed by atoms with van der Waals surface area (Å²) < 4.78 is 7.63. The van der Waals surface area contributed by atoms with Crippen LogP contribution in [0, 0.1) is 13.8 Å². The molecule has 0 unspecified atom stereocenters. The molecule has 0 aliphatic carbocycles. The van der Waals surface area contributed by atoms with Crippen LogP contribution in [0.3, 0.4) is 0 Å². The van der Waals surface area contributed by atoms with Crippen molar-refractivity contribution in [1.29, 1.82) is 0 Å². The van der Waals surface area contributed by atoms with E-state index >= 15 is 0 Å². The summed E-state index contributed by atoms with van der Waals surface area (Å²) in [6, 6.07) is 13.2. The fraction of sp³-hybridized carbons (Fsp3) is 0.568. The first-order chi connectivity index (χ1) is 23.0. The lowest BCUT2D eigenvalue weighted by Crippen LogP contribution is -2.50. The van der Waals surface area contributed by atoms with Gasteiger partial charge < -0.3 is 29.5 Å². The molecular formula is C37H52N8O3. The topological polar surface area (TPSA) is 99.1 Å². The number of fused-ring (bicyclic) bond motifs is 1. The number of carbonyl (C=O) groups excluding carboxylic acids is 2. The number of hydrogen-bond acceptors (Lipinski definition) is 9. The van der Waals surface area contributed by atoms with Gasteiger partial charge in [0, 0.05) is 95.7 Å². The average molecular weight is 657 g/mol. The van der Waals surface area contributed by atoms with Gasteiger partial charge in [0.05, 0.1) is 17.1 Å². The number of nitrogens with one attached hydrogen (secondary N) is 1. The van der Waals surface area contributed by atoms with E-state index in [4.69, 9.17) is 14.8 Å². The summed E-state index contributed by atoms with van der Waals surface area (Å²) in [5, 5.41) is 8.26. The summed E-state index contributed by atoms with van der Waals surface area (Å²) in [5.74, 6) is 1.11. The molecule has 2 fully saturated rings. The van der Waals surface area contributed by atoms with Crippen LogP contribution in [0.4, 0.5) is 16.3 Å². The molecule has 0 spiro atoms. The van der Waals surface area contributed by atoms with Crippen LogP contribution < -0.4 is 10.2 Å². The third-order valence-corrected chi connectivity index (χ3v) is 9.61. The predicted octanol–water partition coefficient (Wildman–Crippen LogP) is 4.79. The molecule has 3 aliphatic heterocycles. The van der Waals surface area contributed by atoms with Gasteiger partial charge in [-0.25, -0.2) is 14.5 Å². The molecule has 11 heteroatoms. The van der Waals surface area contributed by atoms with E-state index < -0.39 is 5.60 Å². The van der Waals surface area contributed by atoms with E-state index in [9.17, 15) is 9.59 Å². The highest BCUT2D eigenvalue weighted by atomic mass is 16.6. The van der Waals surface area contributed by atoms with E-state index in [-0.39, 0.29) is 12.0 Å². The number of aromatic nitrogens is 3. The molecule has 0 radical (unpaired) electrons. The molecule has 1 amide bonds. The van der Waals surface area contributed by atoms with Crippen LogP contribution >= 0.6 is 0 Å². The molecule has 3 aromatic rings. The SMILES string of the molecule is Cc1cc(C)n(-c2cc([C@H](CC=O)CN3CCN(Cc4ccc5c(n4)NCCC5)CC3)cc(N3CCN(C(=O)OC(C)(C)C)CC3)c2)n1. The zero-order valence-corrected chi connectivity index (χ0v) is 29.4. The summed E-state index contributed by atoms with van der Waals surface area (Å²) in [4.78, 5) is 38.8. The van der Waals surface area contributed by atoms with E-state index in [2.05, 4.69) is 63.3 Å². The number of amides is 1. The fourth-order valence-electron chi connectivity index (χ4n) is 7.08. The van der Waals surface area contributed by atoms with Crippen molar-refractivity contribution in [3.8, 4) is 5.69 Å². The first-order valence-corrected chi connectivity index (χ1v) is 17.6. The molecule has 6 rings (SSSR count). The number of hydrogen-bond donors (Lipinski definition) is 1. The number of aryl methyl sites for hydroxylation is 3. The summed E-state index contributed by atoms with van der Waals surface area (Å²) in [5.41, 5.74) is 7.19. The number of pyridine rings is 1. The van der Waals surface area contributed by atoms with Crippen LogP contribution in [-0.2, 0) is 22.5 Å². The molecule has 11 nitrogen and oxygen atoms in total. The first-order valence-electron chi connectivity index (χ1n) is 17.6. The second-order valence-electron chi connectivity index (χ2n) is 14.6. The number of carbonyl (C=O) groups is 2. The smallest absolute Gasteiger partial charge is 0.410 e. The lowest BCUT2D eigenvalue weighted by molar-refractivity contribution is -0.108. The van der Waals surface area contributed by atoms with E-state index in [0.717, 1.165) is 98.4 Å². The van der Waals surface area contributed by atoms with E-state index in [1.165, 1.54) is 12.0 Å². The summed E-state index contributed by atoms with van der Waals surface area (Å²) >= 11 is 0. The Morgan fingerprint density at radius 2 is 1.69 bits per heavy atom. The predicted molar refractivity (Wildman–Crippen MR) is 189 cm³/mol. The van der Waals surface area contributed by atoms with Crippen LogP contribution in [0.5, 0.6) is 0 Å². The minimum Gasteiger partial charge on any atom is -0.444 e. The second kappa shape index (κ2) is 14.7. The van der Waals surface area contributed by atoms with Crippen molar-refractivity contribution in [3.05, 3.63) is 64.6 Å². The lowest BCUT2D eigenvalue weighted by atomic mass is 9.93. The highest BCUT2D eigenvalue weighted by Crippen LogP contribution is 2.31. The molecule has 5 heterocycles. The van der Waals surface area contributed by atoms with Gasteiger partial charge in [-0.1, -0.05) is 6.07 Å². The lowest BCUT2D eigenvalue weighted by Gasteiger charge is -2.38. The highest BCUT2D eigenvalue weighted by molar-refractivity contribution is 5.69. The number of aldehydes is 1. The fourth-order valence-corrected chi connectivity index (χ4v) is 7.08. The van der Waals surface area contributed by atoms with Gasteiger partial charge in [-0.05, 0) is 88.9 Å². The maximum atomic E-state index is 12.7. The minimum atomic E-state index is -0.520. The Morgan fingerprint density at radius 1 is 0.958 bits per heavy atom. The normalized spacial score (nSPS) is 18.3. The van der Waals surface area contributed by atoms with Crippen LogP contribution in [-0.4, -0.2) is 113 Å². The Balaban J connectivity index is 1.15. The highest BCUT2D eigenvalue weighted by Gasteiger charge is 2.28. The molecule has 3 aliphatic rings. The molecular weight excluding hydrogens is 604 g/mol. The largest absolute Gasteiger partial charge is 0.444 e. The zero-order chi connectivity index (χ0) is 33.8. The van der Waals surface area contributed by atoms with Gasteiger partial charge in [-0.3, -0.25) is 4.90 Å². The molecule has 1 aromatic carbocycles. The maximum absolute atomic E-state index is 12.7. The van der Waals surface area contributed by atoms with Crippen molar-refractivity contribution >= 4 is 23.9 Å². The van der Waals surface area contributed by atoms with Crippen LogP contribution in [0.15, 0.2) is 36.4 Å². The Kier molecular flexibility index (Phi) is 10.4. The standard InChI is InChI=1S/C37H52N8O3/c1-27-21-28(2)45(40-27)34-23-31(22-33(24-34)43-16-18-44(19-17-43)36(47)48-37(3,4)5)30(10-20-46)25-41-12-14-42(15-13-41)26-32-9-8-29-7-6-11-38-35(29)39-32/h8-9,20-24,30H,6-7,10-19,25-26H2,1-5H3,(H,38,39)/t30-/m1/s1. The van der Waals surface area contributed by atoms with Crippen molar-refractivity contribution in [2.45, 2.75) is 71.9 Å². The van der Waals surface area contributed by atoms with Crippen LogP contribution in [0.2, 0.25) is 0 Å². The number of piperazine rings is 2. The molecule has 1 N–H and O–H groups in total. The van der Waals surface area contributed by atoms with Crippen molar-refractivity contribution in [2.24, 2.45) is 0 Å². The Hall–Kier alpha value is -3.96. The van der Waals surface area contributed by atoms with E-state index in [1.807, 2.05) is 32.4 Å². The maximum Gasteiger partial charge on any atom is 0.410 e. The number of benzene rings is 1. The summed E-state index contributed by atoms with van der Waals surface area (Å²) in [7, 11) is 0. The molecule has 2 saturated heterocycles. The minimum absolute atomic E-state index is 0.0566. The molecule has 0 saturated carbocycles. The Bertz CT molecular complexity index is 1580. The zero-order valence-electron chi connectivity index (χ0n) is 29.4. The first kappa shape index (κ1) is 33.9. The van der Waals surface area contributed by atoms with Gasteiger partial charge >= 0.3 is 6.09 Å². The summed E-state index contributed by atoms with van der Waals surface area (Å²) in [6.45, 7) is 18.9. The van der Waals surface area contributed by atoms with Gasteiger partial charge in [-0.2, -0.15) is 5.10 Å². The molecule has 1 atom stereocenters. The Labute approximate surface area is 285 Å². The van der Waals surface area contributed by atoms with Gasteiger partial charge in [0.1, 0.15) is 17.7 Å². The summed E-state index contributed by atoms with van der Waals surface area (Å²) in [6.07, 6.45) is 3.53. The third-order valence-electron chi connectivity index (χ3n) is 9.61. The molecule has 258 valence electrons. The van der Waals surface area contributed by atoms with Crippen molar-refractivity contribution < 1.29 is 14.3 Å². The quantitative estimate of drug-likeness (QED) is 0.326. The monoisotopic (exact) mass is 656 g/mol. The van der Waals surface area contributed by atoms with E-state index in [0.29, 0.717) is 32.6 Å². The Morgan fingerprint density at radius 3 is 2.38 bits per heavy atom. The van der Waals surface area contributed by atoms with Crippen LogP contribution in [0.25, 0.3) is 5.69 Å². The number of rotatable bonds is 9. The van der Waals surface area contributed by atoms with Crippen molar-refractivity contribution in [2.75, 3.05) is 75.7 Å². The van der Waals surface area contributed by atoms with Gasteiger partial charge in [0.2, 0.25) is 0 Å². The number of anilines is 2. The molecule has 0 bridgehead atoms. The van der Waals surface area contributed by atoms with E-state index in [1.54, 1.807) is 4.90 Å². The number of nitrogens with zero attached hydrogens (tertiary/aromatic N) is 7. The number of ether oxygens (including phenoxy) is 1. The average Bonchev–Trinajstić information content (AvgIpc) is 3.41. The van der Waals surface area contributed by atoms with Gasteiger partial charge in [0.15, 0.2) is 0 Å². The van der Waals surface area contributed by atoms with Crippen LogP contribution in [0.1, 0.15) is 67.7 Å². The molecule has 2 aromatic heterocycles. The van der Waals surface area contributed by atoms with Gasteiger partial charge in [-0.15, -0.1) is 0 Å². The molecule has 48 heavy (non-hydrogen) atoms. The third kappa shape index (κ3) is 8.36.